The van der Waals surface area contributed by atoms with Crippen LogP contribution in [0.1, 0.15) is 46.5 Å². The Bertz CT molecular complexity index is 259. The van der Waals surface area contributed by atoms with E-state index in [1.54, 1.807) is 13.8 Å². The molecule has 0 aromatic carbocycles. The van der Waals surface area contributed by atoms with Crippen molar-refractivity contribution in [3.05, 3.63) is 0 Å². The van der Waals surface area contributed by atoms with Crippen LogP contribution in [0.3, 0.4) is 0 Å². The van der Waals surface area contributed by atoms with Crippen LogP contribution in [0.2, 0.25) is 0 Å². The van der Waals surface area contributed by atoms with Crippen molar-refractivity contribution in [1.82, 2.24) is 4.90 Å². The van der Waals surface area contributed by atoms with Crippen LogP contribution < -0.4 is 0 Å². The molecule has 6 heteroatoms. The molecule has 1 aliphatic rings. The summed E-state index contributed by atoms with van der Waals surface area (Å²) in [5.74, 6) is 0. The summed E-state index contributed by atoms with van der Waals surface area (Å²) in [4.78, 5) is 2.23. The molecule has 1 rings (SSSR count). The molecular formula is C12H26NO4P. The Kier molecular flexibility index (Phi) is 7.42. The third-order valence-corrected chi connectivity index (χ3v) is 4.62. The van der Waals surface area contributed by atoms with Gasteiger partial charge in [-0.3, -0.25) is 18.5 Å². The minimum Gasteiger partial charge on any atom is -0.287 e. The Morgan fingerprint density at radius 2 is 1.61 bits per heavy atom. The predicted octanol–water partition coefficient (Wildman–Crippen LogP) is 3.41. The van der Waals surface area contributed by atoms with Gasteiger partial charge in [0.25, 0.3) is 0 Å². The molecule has 0 aromatic rings. The Morgan fingerprint density at radius 3 is 2.06 bits per heavy atom. The summed E-state index contributed by atoms with van der Waals surface area (Å²) in [5, 5.41) is 0. The maximum Gasteiger partial charge on any atom is 0.476 e. The number of hydrogen-bond donors (Lipinski definition) is 0. The van der Waals surface area contributed by atoms with Gasteiger partial charge in [-0.1, -0.05) is 13.3 Å². The first-order chi connectivity index (χ1) is 8.65. The lowest BCUT2D eigenvalue weighted by Gasteiger charge is -2.34. The quantitative estimate of drug-likeness (QED) is 0.637. The molecule has 1 fully saturated rings. The van der Waals surface area contributed by atoms with Crippen molar-refractivity contribution >= 4 is 7.82 Å². The predicted molar refractivity (Wildman–Crippen MR) is 71.4 cm³/mol. The zero-order valence-electron chi connectivity index (χ0n) is 11.8. The van der Waals surface area contributed by atoms with Crippen molar-refractivity contribution in [2.45, 2.75) is 52.7 Å². The van der Waals surface area contributed by atoms with E-state index < -0.39 is 7.82 Å². The highest BCUT2D eigenvalue weighted by atomic mass is 31.2. The summed E-state index contributed by atoms with van der Waals surface area (Å²) in [6, 6.07) is 0. The average Bonchev–Trinajstić information content (AvgIpc) is 2.38. The number of rotatable bonds is 8. The van der Waals surface area contributed by atoms with Gasteiger partial charge in [0.05, 0.1) is 13.2 Å². The van der Waals surface area contributed by atoms with Crippen LogP contribution >= 0.6 is 7.82 Å². The lowest BCUT2D eigenvalue weighted by atomic mass is 10.1. The fourth-order valence-electron chi connectivity index (χ4n) is 2.17. The molecule has 1 atom stereocenters. The first-order valence-electron chi connectivity index (χ1n) is 6.96. The van der Waals surface area contributed by atoms with Crippen LogP contribution in [0.4, 0.5) is 0 Å². The van der Waals surface area contributed by atoms with Crippen molar-refractivity contribution < 1.29 is 18.1 Å². The van der Waals surface area contributed by atoms with E-state index in [2.05, 4.69) is 4.90 Å². The summed E-state index contributed by atoms with van der Waals surface area (Å²) in [7, 11) is -3.40. The normalized spacial score (nSPS) is 19.9. The smallest absolute Gasteiger partial charge is 0.287 e. The minimum absolute atomic E-state index is 0.172. The summed E-state index contributed by atoms with van der Waals surface area (Å²) in [6.45, 7) is 8.25. The van der Waals surface area contributed by atoms with Crippen LogP contribution in [0.5, 0.6) is 0 Å². The molecule has 0 aliphatic carbocycles. The van der Waals surface area contributed by atoms with Crippen molar-refractivity contribution in [2.24, 2.45) is 0 Å². The largest absolute Gasteiger partial charge is 0.476 e. The van der Waals surface area contributed by atoms with E-state index in [9.17, 15) is 4.57 Å². The van der Waals surface area contributed by atoms with E-state index in [4.69, 9.17) is 13.6 Å². The van der Waals surface area contributed by atoms with Gasteiger partial charge in [0.2, 0.25) is 0 Å². The summed E-state index contributed by atoms with van der Waals surface area (Å²) >= 11 is 0. The van der Waals surface area contributed by atoms with E-state index in [0.717, 1.165) is 19.5 Å². The highest BCUT2D eigenvalue weighted by Gasteiger charge is 2.32. The maximum atomic E-state index is 12.3. The van der Waals surface area contributed by atoms with Gasteiger partial charge in [0, 0.05) is 13.1 Å². The van der Waals surface area contributed by atoms with Crippen molar-refractivity contribution in [2.75, 3.05) is 26.3 Å². The van der Waals surface area contributed by atoms with Crippen molar-refractivity contribution in [1.29, 1.82) is 0 Å². The Morgan fingerprint density at radius 1 is 1.06 bits per heavy atom. The van der Waals surface area contributed by atoms with Crippen LogP contribution in [-0.4, -0.2) is 37.4 Å². The lowest BCUT2D eigenvalue weighted by molar-refractivity contribution is -0.0220. The minimum atomic E-state index is -3.40. The van der Waals surface area contributed by atoms with Gasteiger partial charge < -0.3 is 0 Å². The molecule has 0 radical (unpaired) electrons. The molecule has 1 unspecified atom stereocenters. The second kappa shape index (κ2) is 8.28. The van der Waals surface area contributed by atoms with Gasteiger partial charge in [-0.2, -0.15) is 0 Å². The molecule has 0 aromatic heterocycles. The first-order valence-corrected chi connectivity index (χ1v) is 8.42. The van der Waals surface area contributed by atoms with Crippen LogP contribution in [0, 0.1) is 0 Å². The number of likely N-dealkylation sites (tertiary alicyclic amines) is 1. The number of hydrogen-bond acceptors (Lipinski definition) is 5. The second-order valence-electron chi connectivity index (χ2n) is 4.35. The van der Waals surface area contributed by atoms with Crippen LogP contribution in [0.15, 0.2) is 0 Å². The van der Waals surface area contributed by atoms with E-state index >= 15 is 0 Å². The summed E-state index contributed by atoms with van der Waals surface area (Å²) in [5.41, 5.74) is 0. The molecule has 1 aliphatic heterocycles. The Balaban J connectivity index is 2.60. The summed E-state index contributed by atoms with van der Waals surface area (Å²) in [6.07, 6.45) is 4.22. The van der Waals surface area contributed by atoms with E-state index in [1.807, 2.05) is 6.92 Å². The molecular weight excluding hydrogens is 253 g/mol. The topological polar surface area (TPSA) is 48.0 Å². The van der Waals surface area contributed by atoms with Gasteiger partial charge in [-0.05, 0) is 33.1 Å². The number of phosphoric ester groups is 1. The van der Waals surface area contributed by atoms with Crippen molar-refractivity contribution in [3.63, 3.8) is 0 Å². The zero-order valence-corrected chi connectivity index (χ0v) is 12.7. The maximum absolute atomic E-state index is 12.3. The highest BCUT2D eigenvalue weighted by Crippen LogP contribution is 2.51. The van der Waals surface area contributed by atoms with Gasteiger partial charge in [-0.15, -0.1) is 0 Å². The fraction of sp³-hybridized carbons (Fsp3) is 1.00. The molecule has 0 N–H and O–H groups in total. The monoisotopic (exact) mass is 279 g/mol. The molecule has 0 spiro atoms. The number of piperidine rings is 1. The van der Waals surface area contributed by atoms with Crippen molar-refractivity contribution in [3.8, 4) is 0 Å². The SMILES string of the molecule is CCOP(=O)(OCC)OC(CC)N1CCCCC1. The Labute approximate surface area is 110 Å². The average molecular weight is 279 g/mol. The highest BCUT2D eigenvalue weighted by molar-refractivity contribution is 7.48. The Hall–Kier alpha value is 0.0700. The second-order valence-corrected chi connectivity index (χ2v) is 5.97. The lowest BCUT2D eigenvalue weighted by Crippen LogP contribution is -2.40. The molecule has 5 nitrogen and oxygen atoms in total. The van der Waals surface area contributed by atoms with Gasteiger partial charge in [0.1, 0.15) is 6.23 Å². The standard InChI is InChI=1S/C12H26NO4P/c1-4-12(13-10-8-7-9-11-13)17-18(14,15-5-2)16-6-3/h12H,4-11H2,1-3H3. The number of phosphoric acid groups is 1. The van der Waals surface area contributed by atoms with Crippen LogP contribution in [-0.2, 0) is 18.1 Å². The van der Waals surface area contributed by atoms with E-state index in [1.165, 1.54) is 19.3 Å². The molecule has 18 heavy (non-hydrogen) atoms. The molecule has 1 saturated heterocycles. The fourth-order valence-corrected chi connectivity index (χ4v) is 3.58. The zero-order chi connectivity index (χ0) is 13.4. The molecule has 108 valence electrons. The van der Waals surface area contributed by atoms with Crippen LogP contribution in [0.25, 0.3) is 0 Å². The third kappa shape index (κ3) is 4.98. The molecule has 0 bridgehead atoms. The molecule has 1 heterocycles. The number of nitrogens with zero attached hydrogens (tertiary/aromatic N) is 1. The van der Waals surface area contributed by atoms with Gasteiger partial charge >= 0.3 is 7.82 Å². The third-order valence-electron chi connectivity index (χ3n) is 2.97. The molecule has 0 saturated carbocycles. The molecule has 0 amide bonds. The van der Waals surface area contributed by atoms with E-state index in [0.29, 0.717) is 13.2 Å². The summed E-state index contributed by atoms with van der Waals surface area (Å²) < 4.78 is 28.3. The first kappa shape index (κ1) is 16.1. The van der Waals surface area contributed by atoms with E-state index in [-0.39, 0.29) is 6.23 Å². The van der Waals surface area contributed by atoms with Gasteiger partial charge in [-0.25, -0.2) is 4.57 Å². The van der Waals surface area contributed by atoms with Gasteiger partial charge in [0.15, 0.2) is 0 Å².